The first kappa shape index (κ1) is 14.8. The lowest BCUT2D eigenvalue weighted by molar-refractivity contribution is -0.0501. The van der Waals surface area contributed by atoms with Crippen molar-refractivity contribution in [2.24, 2.45) is 5.92 Å². The second-order valence-corrected chi connectivity index (χ2v) is 5.30. The molecule has 5 heteroatoms. The largest absolute Gasteiger partial charge is 0.434 e. The minimum absolute atomic E-state index is 0.0795. The summed E-state index contributed by atoms with van der Waals surface area (Å²) in [6.45, 7) is -0.733. The van der Waals surface area contributed by atoms with E-state index in [9.17, 15) is 13.6 Å². The second-order valence-electron chi connectivity index (χ2n) is 5.30. The fraction of sp³-hybridized carbons (Fsp3) is 0.533. The van der Waals surface area contributed by atoms with Crippen LogP contribution in [0.3, 0.4) is 0 Å². The van der Waals surface area contributed by atoms with Crippen molar-refractivity contribution in [3.63, 3.8) is 0 Å². The zero-order chi connectivity index (χ0) is 14.5. The van der Waals surface area contributed by atoms with E-state index in [1.807, 2.05) is 0 Å². The maximum Gasteiger partial charge on any atom is 0.387 e. The molecular formula is C15H19F2NO2. The topological polar surface area (TPSA) is 38.3 Å². The van der Waals surface area contributed by atoms with E-state index in [0.717, 1.165) is 25.7 Å². The molecule has 1 fully saturated rings. The molecule has 0 saturated heterocycles. The number of carbonyl (C=O) groups excluding carboxylic acids is 1. The lowest BCUT2D eigenvalue weighted by Crippen LogP contribution is -2.37. The molecular weight excluding hydrogens is 264 g/mol. The molecule has 2 rings (SSSR count). The van der Waals surface area contributed by atoms with Crippen LogP contribution < -0.4 is 10.1 Å². The quantitative estimate of drug-likeness (QED) is 0.917. The molecule has 0 unspecified atom stereocenters. The Morgan fingerprint density at radius 3 is 2.55 bits per heavy atom. The highest BCUT2D eigenvalue weighted by Crippen LogP contribution is 2.25. The number of carbonyl (C=O) groups is 1. The number of ether oxygens (including phenoxy) is 1. The van der Waals surface area contributed by atoms with Crippen molar-refractivity contribution >= 4 is 5.91 Å². The minimum Gasteiger partial charge on any atom is -0.434 e. The van der Waals surface area contributed by atoms with Crippen LogP contribution in [0.4, 0.5) is 8.78 Å². The molecule has 1 aromatic rings. The fourth-order valence-corrected chi connectivity index (χ4v) is 2.52. The van der Waals surface area contributed by atoms with Crippen molar-refractivity contribution in [2.75, 3.05) is 0 Å². The third kappa shape index (κ3) is 3.92. The van der Waals surface area contributed by atoms with Crippen LogP contribution in [-0.2, 0) is 0 Å². The molecule has 0 aliphatic heterocycles. The molecule has 1 aromatic carbocycles. The van der Waals surface area contributed by atoms with Gasteiger partial charge < -0.3 is 10.1 Å². The average molecular weight is 283 g/mol. The number of hydrogen-bond acceptors (Lipinski definition) is 2. The van der Waals surface area contributed by atoms with E-state index >= 15 is 0 Å². The molecule has 1 amide bonds. The van der Waals surface area contributed by atoms with Crippen molar-refractivity contribution in [3.05, 3.63) is 29.8 Å². The lowest BCUT2D eigenvalue weighted by atomic mass is 9.87. The van der Waals surface area contributed by atoms with Crippen LogP contribution in [0.25, 0.3) is 0 Å². The summed E-state index contributed by atoms with van der Waals surface area (Å²) in [5, 5.41) is 2.91. The molecule has 0 bridgehead atoms. The van der Waals surface area contributed by atoms with Crippen LogP contribution in [0, 0.1) is 5.92 Å². The van der Waals surface area contributed by atoms with E-state index in [2.05, 4.69) is 17.0 Å². The zero-order valence-corrected chi connectivity index (χ0v) is 11.4. The Hall–Kier alpha value is -1.65. The highest BCUT2D eigenvalue weighted by molar-refractivity contribution is 5.97. The van der Waals surface area contributed by atoms with Gasteiger partial charge in [-0.3, -0.25) is 4.79 Å². The average Bonchev–Trinajstić information content (AvgIpc) is 2.41. The third-order valence-corrected chi connectivity index (χ3v) is 3.70. The summed E-state index contributed by atoms with van der Waals surface area (Å²) in [4.78, 5) is 12.2. The monoisotopic (exact) mass is 283 g/mol. The van der Waals surface area contributed by atoms with Gasteiger partial charge in [0.1, 0.15) is 5.75 Å². The van der Waals surface area contributed by atoms with Gasteiger partial charge in [-0.2, -0.15) is 8.78 Å². The molecule has 0 spiro atoms. The standard InChI is InChI=1S/C15H19F2NO2/c1-10-6-8-11(9-7-10)18-14(19)12-4-2-3-5-13(12)20-15(16)17/h2-5,10-11,15H,6-9H2,1H3,(H,18,19). The van der Waals surface area contributed by atoms with Gasteiger partial charge in [0.25, 0.3) is 5.91 Å². The fourth-order valence-electron chi connectivity index (χ4n) is 2.52. The van der Waals surface area contributed by atoms with Gasteiger partial charge in [-0.25, -0.2) is 0 Å². The maximum atomic E-state index is 12.3. The van der Waals surface area contributed by atoms with Crippen LogP contribution in [0.1, 0.15) is 43.0 Å². The first-order valence-electron chi connectivity index (χ1n) is 6.91. The van der Waals surface area contributed by atoms with Gasteiger partial charge in [0.2, 0.25) is 0 Å². The number of halogens is 2. The second kappa shape index (κ2) is 6.68. The minimum atomic E-state index is -2.93. The van der Waals surface area contributed by atoms with Crippen LogP contribution in [0.5, 0.6) is 5.75 Å². The van der Waals surface area contributed by atoms with Crippen molar-refractivity contribution in [1.29, 1.82) is 0 Å². The molecule has 1 aliphatic rings. The lowest BCUT2D eigenvalue weighted by Gasteiger charge is -2.27. The van der Waals surface area contributed by atoms with Gasteiger partial charge in [0, 0.05) is 6.04 Å². The van der Waals surface area contributed by atoms with Gasteiger partial charge in [0.05, 0.1) is 5.56 Å². The van der Waals surface area contributed by atoms with Crippen molar-refractivity contribution in [2.45, 2.75) is 45.3 Å². The number of amides is 1. The molecule has 1 aliphatic carbocycles. The maximum absolute atomic E-state index is 12.3. The SMILES string of the molecule is CC1CCC(NC(=O)c2ccccc2OC(F)F)CC1. The Kier molecular flexibility index (Phi) is 4.93. The van der Waals surface area contributed by atoms with Gasteiger partial charge >= 0.3 is 6.61 Å². The Labute approximate surface area is 117 Å². The third-order valence-electron chi connectivity index (χ3n) is 3.70. The van der Waals surface area contributed by atoms with Crippen molar-refractivity contribution in [3.8, 4) is 5.75 Å². The van der Waals surface area contributed by atoms with E-state index in [1.165, 1.54) is 12.1 Å². The highest BCUT2D eigenvalue weighted by atomic mass is 19.3. The predicted molar refractivity (Wildman–Crippen MR) is 72.0 cm³/mol. The molecule has 0 atom stereocenters. The summed E-state index contributed by atoms with van der Waals surface area (Å²) < 4.78 is 29.0. The number of benzene rings is 1. The molecule has 110 valence electrons. The summed E-state index contributed by atoms with van der Waals surface area (Å²) in [5.74, 6) is 0.266. The molecule has 0 radical (unpaired) electrons. The molecule has 1 N–H and O–H groups in total. The van der Waals surface area contributed by atoms with E-state index in [1.54, 1.807) is 12.1 Å². The molecule has 0 aromatic heterocycles. The number of nitrogens with one attached hydrogen (secondary N) is 1. The van der Waals surface area contributed by atoms with Gasteiger partial charge in [-0.1, -0.05) is 19.1 Å². The van der Waals surface area contributed by atoms with Gasteiger partial charge in [0.15, 0.2) is 0 Å². The summed E-state index contributed by atoms with van der Waals surface area (Å²) in [5.41, 5.74) is 0.159. The summed E-state index contributed by atoms with van der Waals surface area (Å²) >= 11 is 0. The Morgan fingerprint density at radius 2 is 1.90 bits per heavy atom. The van der Waals surface area contributed by atoms with E-state index in [4.69, 9.17) is 0 Å². The van der Waals surface area contributed by atoms with Crippen LogP contribution >= 0.6 is 0 Å². The van der Waals surface area contributed by atoms with E-state index < -0.39 is 6.61 Å². The van der Waals surface area contributed by atoms with E-state index in [0.29, 0.717) is 5.92 Å². The Balaban J connectivity index is 2.01. The number of alkyl halides is 2. The first-order valence-corrected chi connectivity index (χ1v) is 6.91. The van der Waals surface area contributed by atoms with Crippen molar-refractivity contribution in [1.82, 2.24) is 5.32 Å². The molecule has 1 saturated carbocycles. The molecule has 3 nitrogen and oxygen atoms in total. The summed E-state index contributed by atoms with van der Waals surface area (Å²) in [7, 11) is 0. The Morgan fingerprint density at radius 1 is 1.25 bits per heavy atom. The summed E-state index contributed by atoms with van der Waals surface area (Å²) in [6.07, 6.45) is 4.04. The number of hydrogen-bond donors (Lipinski definition) is 1. The van der Waals surface area contributed by atoms with Crippen LogP contribution in [0.15, 0.2) is 24.3 Å². The Bertz CT molecular complexity index is 457. The highest BCUT2D eigenvalue weighted by Gasteiger charge is 2.22. The number of rotatable bonds is 4. The van der Waals surface area contributed by atoms with Crippen LogP contribution in [-0.4, -0.2) is 18.6 Å². The normalized spacial score (nSPS) is 22.6. The molecule has 0 heterocycles. The van der Waals surface area contributed by atoms with E-state index in [-0.39, 0.29) is 23.3 Å². The predicted octanol–water partition coefficient (Wildman–Crippen LogP) is 3.60. The summed E-state index contributed by atoms with van der Waals surface area (Å²) in [6, 6.07) is 6.20. The van der Waals surface area contributed by atoms with Gasteiger partial charge in [-0.05, 0) is 43.7 Å². The zero-order valence-electron chi connectivity index (χ0n) is 11.4. The molecule has 20 heavy (non-hydrogen) atoms. The van der Waals surface area contributed by atoms with Crippen LogP contribution in [0.2, 0.25) is 0 Å². The first-order chi connectivity index (χ1) is 9.56. The van der Waals surface area contributed by atoms with Crippen molar-refractivity contribution < 1.29 is 18.3 Å². The van der Waals surface area contributed by atoms with Gasteiger partial charge in [-0.15, -0.1) is 0 Å². The number of para-hydroxylation sites is 1. The smallest absolute Gasteiger partial charge is 0.387 e.